The molecule has 1 fully saturated rings. The van der Waals surface area contributed by atoms with Crippen LogP contribution in [0.5, 0.6) is 0 Å². The monoisotopic (exact) mass is 362 g/mol. The maximum atomic E-state index is 12.6. The first kappa shape index (κ1) is 15.2. The molecule has 1 unspecified atom stereocenters. The number of hydrogen-bond donors (Lipinski definition) is 1. The van der Waals surface area contributed by atoms with Crippen molar-refractivity contribution < 1.29 is 4.79 Å². The fraction of sp³-hybridized carbons (Fsp3) is 0.375. The van der Waals surface area contributed by atoms with Gasteiger partial charge in [0.15, 0.2) is 5.69 Å². The third-order valence-corrected chi connectivity index (χ3v) is 4.36. The molecule has 116 valence electrons. The van der Waals surface area contributed by atoms with Crippen molar-refractivity contribution in [3.8, 4) is 5.69 Å². The van der Waals surface area contributed by atoms with E-state index >= 15 is 0 Å². The van der Waals surface area contributed by atoms with Crippen molar-refractivity contribution >= 4 is 21.8 Å². The zero-order valence-electron chi connectivity index (χ0n) is 12.7. The summed E-state index contributed by atoms with van der Waals surface area (Å²) in [4.78, 5) is 14.5. The van der Waals surface area contributed by atoms with Crippen LogP contribution < -0.4 is 5.32 Å². The van der Waals surface area contributed by atoms with E-state index in [0.29, 0.717) is 11.7 Å². The Bertz CT molecular complexity index is 680. The average molecular weight is 363 g/mol. The standard InChI is InChI=1S/C16H19BrN4O/c1-11-10-20(8-7-18-11)16(22)15-9-12(2)21(19-15)14-5-3-13(17)4-6-14/h3-6,9,11,18H,7-8,10H2,1-2H3. The first-order chi connectivity index (χ1) is 10.5. The lowest BCUT2D eigenvalue weighted by Crippen LogP contribution is -2.51. The molecule has 1 aliphatic rings. The van der Waals surface area contributed by atoms with Gasteiger partial charge in [0.1, 0.15) is 0 Å². The van der Waals surface area contributed by atoms with Gasteiger partial charge >= 0.3 is 0 Å². The second kappa shape index (κ2) is 6.22. The van der Waals surface area contributed by atoms with E-state index in [9.17, 15) is 4.79 Å². The summed E-state index contributed by atoms with van der Waals surface area (Å²) in [6.07, 6.45) is 0. The van der Waals surface area contributed by atoms with E-state index in [2.05, 4.69) is 33.3 Å². The Balaban J connectivity index is 1.85. The van der Waals surface area contributed by atoms with E-state index < -0.39 is 0 Å². The van der Waals surface area contributed by atoms with Crippen molar-refractivity contribution in [2.24, 2.45) is 0 Å². The van der Waals surface area contributed by atoms with Gasteiger partial charge in [-0.3, -0.25) is 4.79 Å². The SMILES string of the molecule is Cc1cc(C(=O)N2CCNC(C)C2)nn1-c1ccc(Br)cc1. The summed E-state index contributed by atoms with van der Waals surface area (Å²) in [6, 6.07) is 10.1. The number of rotatable bonds is 2. The summed E-state index contributed by atoms with van der Waals surface area (Å²) in [7, 11) is 0. The quantitative estimate of drug-likeness (QED) is 0.892. The molecule has 1 saturated heterocycles. The van der Waals surface area contributed by atoms with Gasteiger partial charge < -0.3 is 10.2 Å². The van der Waals surface area contributed by atoms with Crippen LogP contribution in [0.1, 0.15) is 23.1 Å². The molecule has 0 spiro atoms. The second-order valence-electron chi connectivity index (χ2n) is 5.67. The summed E-state index contributed by atoms with van der Waals surface area (Å²) in [5, 5.41) is 7.84. The normalized spacial score (nSPS) is 18.5. The molecule has 1 aromatic heterocycles. The van der Waals surface area contributed by atoms with Gasteiger partial charge in [-0.1, -0.05) is 15.9 Å². The molecule has 1 amide bonds. The highest BCUT2D eigenvalue weighted by atomic mass is 79.9. The number of nitrogens with one attached hydrogen (secondary N) is 1. The summed E-state index contributed by atoms with van der Waals surface area (Å²) < 4.78 is 2.83. The number of amides is 1. The van der Waals surface area contributed by atoms with Crippen molar-refractivity contribution in [3.63, 3.8) is 0 Å². The predicted molar refractivity (Wildman–Crippen MR) is 89.4 cm³/mol. The Labute approximate surface area is 138 Å². The summed E-state index contributed by atoms with van der Waals surface area (Å²) in [6.45, 7) is 6.34. The Morgan fingerprint density at radius 1 is 1.36 bits per heavy atom. The summed E-state index contributed by atoms with van der Waals surface area (Å²) in [5.74, 6) is 0.00677. The van der Waals surface area contributed by atoms with Crippen LogP contribution in [0.2, 0.25) is 0 Å². The highest BCUT2D eigenvalue weighted by Crippen LogP contribution is 2.17. The molecule has 0 radical (unpaired) electrons. The zero-order chi connectivity index (χ0) is 15.7. The largest absolute Gasteiger partial charge is 0.334 e. The summed E-state index contributed by atoms with van der Waals surface area (Å²) >= 11 is 3.43. The minimum absolute atomic E-state index is 0.00677. The van der Waals surface area contributed by atoms with Crippen LogP contribution in [0.3, 0.4) is 0 Å². The maximum absolute atomic E-state index is 12.6. The molecular weight excluding hydrogens is 344 g/mol. The van der Waals surface area contributed by atoms with Gasteiger partial charge in [-0.25, -0.2) is 4.68 Å². The van der Waals surface area contributed by atoms with Crippen molar-refractivity contribution in [3.05, 3.63) is 46.2 Å². The van der Waals surface area contributed by atoms with Crippen LogP contribution in [0.15, 0.2) is 34.8 Å². The Morgan fingerprint density at radius 3 is 2.77 bits per heavy atom. The molecule has 6 heteroatoms. The first-order valence-corrected chi connectivity index (χ1v) is 8.19. The fourth-order valence-corrected chi connectivity index (χ4v) is 2.97. The minimum atomic E-state index is 0.00677. The number of carbonyl (C=O) groups is 1. The zero-order valence-corrected chi connectivity index (χ0v) is 14.3. The number of aryl methyl sites for hydroxylation is 1. The van der Waals surface area contributed by atoms with E-state index in [-0.39, 0.29) is 5.91 Å². The number of nitrogens with zero attached hydrogens (tertiary/aromatic N) is 3. The van der Waals surface area contributed by atoms with Gasteiger partial charge in [0, 0.05) is 35.8 Å². The number of benzene rings is 1. The Morgan fingerprint density at radius 2 is 2.09 bits per heavy atom. The smallest absolute Gasteiger partial charge is 0.274 e. The van der Waals surface area contributed by atoms with Crippen molar-refractivity contribution in [2.45, 2.75) is 19.9 Å². The van der Waals surface area contributed by atoms with E-state index in [4.69, 9.17) is 0 Å². The third kappa shape index (κ3) is 3.08. The molecular formula is C16H19BrN4O. The van der Waals surface area contributed by atoms with Crippen LogP contribution in [-0.4, -0.2) is 46.3 Å². The number of piperazine rings is 1. The lowest BCUT2D eigenvalue weighted by atomic mass is 10.2. The van der Waals surface area contributed by atoms with Gasteiger partial charge in [0.2, 0.25) is 0 Å². The number of halogens is 1. The minimum Gasteiger partial charge on any atom is -0.334 e. The molecule has 1 aliphatic heterocycles. The molecule has 0 bridgehead atoms. The van der Waals surface area contributed by atoms with Gasteiger partial charge in [-0.15, -0.1) is 0 Å². The molecule has 1 atom stereocenters. The van der Waals surface area contributed by atoms with Crippen molar-refractivity contribution in [1.82, 2.24) is 20.0 Å². The van der Waals surface area contributed by atoms with Crippen molar-refractivity contribution in [1.29, 1.82) is 0 Å². The molecule has 2 heterocycles. The van der Waals surface area contributed by atoms with Crippen LogP contribution in [0.4, 0.5) is 0 Å². The predicted octanol–water partition coefficient (Wildman–Crippen LogP) is 2.38. The Kier molecular flexibility index (Phi) is 4.31. The van der Waals surface area contributed by atoms with Crippen LogP contribution in [-0.2, 0) is 0 Å². The van der Waals surface area contributed by atoms with Crippen LogP contribution in [0.25, 0.3) is 5.69 Å². The molecule has 2 aromatic rings. The van der Waals surface area contributed by atoms with Gasteiger partial charge in [-0.05, 0) is 44.2 Å². The number of carbonyl (C=O) groups excluding carboxylic acids is 1. The Hall–Kier alpha value is -1.66. The van der Waals surface area contributed by atoms with E-state index in [1.807, 2.05) is 46.8 Å². The topological polar surface area (TPSA) is 50.2 Å². The lowest BCUT2D eigenvalue weighted by molar-refractivity contribution is 0.0702. The summed E-state index contributed by atoms with van der Waals surface area (Å²) in [5.41, 5.74) is 2.41. The van der Waals surface area contributed by atoms with E-state index in [1.165, 1.54) is 0 Å². The molecule has 22 heavy (non-hydrogen) atoms. The fourth-order valence-electron chi connectivity index (χ4n) is 2.70. The first-order valence-electron chi connectivity index (χ1n) is 7.40. The van der Waals surface area contributed by atoms with E-state index in [1.54, 1.807) is 0 Å². The molecule has 0 saturated carbocycles. The highest BCUT2D eigenvalue weighted by Gasteiger charge is 2.24. The van der Waals surface area contributed by atoms with Gasteiger partial charge in [-0.2, -0.15) is 5.10 Å². The molecule has 1 aromatic carbocycles. The molecule has 0 aliphatic carbocycles. The number of aromatic nitrogens is 2. The van der Waals surface area contributed by atoms with Crippen LogP contribution in [0, 0.1) is 6.92 Å². The maximum Gasteiger partial charge on any atom is 0.274 e. The molecule has 1 N–H and O–H groups in total. The number of hydrogen-bond acceptors (Lipinski definition) is 3. The highest BCUT2D eigenvalue weighted by molar-refractivity contribution is 9.10. The average Bonchev–Trinajstić information content (AvgIpc) is 2.89. The molecule has 3 rings (SSSR count). The van der Waals surface area contributed by atoms with Crippen molar-refractivity contribution in [2.75, 3.05) is 19.6 Å². The second-order valence-corrected chi connectivity index (χ2v) is 6.58. The lowest BCUT2D eigenvalue weighted by Gasteiger charge is -2.31. The van der Waals surface area contributed by atoms with E-state index in [0.717, 1.165) is 35.5 Å². The molecule has 5 nitrogen and oxygen atoms in total. The van der Waals surface area contributed by atoms with Gasteiger partial charge in [0.25, 0.3) is 5.91 Å². The van der Waals surface area contributed by atoms with Gasteiger partial charge in [0.05, 0.1) is 5.69 Å². The third-order valence-electron chi connectivity index (χ3n) is 3.83. The van der Waals surface area contributed by atoms with Crippen LogP contribution >= 0.6 is 15.9 Å².